The van der Waals surface area contributed by atoms with Gasteiger partial charge in [0.05, 0.1) is 12.8 Å². The van der Waals surface area contributed by atoms with E-state index in [1.165, 1.54) is 5.69 Å². The number of pyridine rings is 1. The third-order valence-electron chi connectivity index (χ3n) is 4.20. The van der Waals surface area contributed by atoms with Gasteiger partial charge >= 0.3 is 0 Å². The van der Waals surface area contributed by atoms with Gasteiger partial charge in [-0.25, -0.2) is 4.98 Å². The predicted molar refractivity (Wildman–Crippen MR) is 94.4 cm³/mol. The number of anilines is 2. The summed E-state index contributed by atoms with van der Waals surface area (Å²) in [7, 11) is 1.73. The molecule has 2 heterocycles. The molecule has 0 spiro atoms. The minimum Gasteiger partial charge on any atom is -0.495 e. The Morgan fingerprint density at radius 3 is 2.57 bits per heavy atom. The Hall–Kier alpha value is -2.27. The van der Waals surface area contributed by atoms with Crippen LogP contribution in [0, 0.1) is 0 Å². The molecule has 23 heavy (non-hydrogen) atoms. The number of aromatic nitrogens is 1. The zero-order valence-electron chi connectivity index (χ0n) is 13.6. The smallest absolute Gasteiger partial charge is 0.142 e. The van der Waals surface area contributed by atoms with Crippen LogP contribution in [0.1, 0.15) is 0 Å². The molecular formula is C18H24N4O. The van der Waals surface area contributed by atoms with Gasteiger partial charge in [0.25, 0.3) is 0 Å². The predicted octanol–water partition coefficient (Wildman–Crippen LogP) is 2.32. The molecule has 0 unspecified atom stereocenters. The molecule has 0 aliphatic carbocycles. The molecule has 0 bridgehead atoms. The van der Waals surface area contributed by atoms with Crippen LogP contribution in [0.15, 0.2) is 48.7 Å². The average molecular weight is 312 g/mol. The first kappa shape index (κ1) is 15.6. The largest absolute Gasteiger partial charge is 0.495 e. The number of nitrogens with one attached hydrogen (secondary N) is 1. The monoisotopic (exact) mass is 312 g/mol. The fourth-order valence-electron chi connectivity index (χ4n) is 2.91. The number of hydrogen-bond acceptors (Lipinski definition) is 5. The molecule has 1 aromatic carbocycles. The van der Waals surface area contributed by atoms with Crippen LogP contribution >= 0.6 is 0 Å². The Morgan fingerprint density at radius 2 is 1.83 bits per heavy atom. The molecular weight excluding hydrogens is 288 g/mol. The number of methoxy groups -OCH3 is 1. The number of benzene rings is 1. The van der Waals surface area contributed by atoms with Gasteiger partial charge in [0.1, 0.15) is 11.6 Å². The summed E-state index contributed by atoms with van der Waals surface area (Å²) in [6, 6.07) is 14.2. The van der Waals surface area contributed by atoms with E-state index in [9.17, 15) is 0 Å². The molecule has 1 aromatic heterocycles. The van der Waals surface area contributed by atoms with Gasteiger partial charge in [-0.15, -0.1) is 0 Å². The second-order valence-electron chi connectivity index (χ2n) is 5.64. The van der Waals surface area contributed by atoms with Gasteiger partial charge in [-0.3, -0.25) is 4.90 Å². The number of piperazine rings is 1. The van der Waals surface area contributed by atoms with Crippen LogP contribution in [0.5, 0.6) is 5.75 Å². The molecule has 0 atom stereocenters. The third-order valence-corrected chi connectivity index (χ3v) is 4.20. The normalized spacial score (nSPS) is 15.4. The first-order valence-corrected chi connectivity index (χ1v) is 8.12. The molecule has 1 N–H and O–H groups in total. The van der Waals surface area contributed by atoms with Crippen LogP contribution in [0.2, 0.25) is 0 Å². The molecule has 5 nitrogen and oxygen atoms in total. The standard InChI is InChI=1S/C18H24N4O/c1-23-17-7-3-2-6-16(17)22-14-12-21(13-15-22)11-10-20-18-8-4-5-9-19-18/h2-9H,10-15H2,1H3,(H,19,20). The average Bonchev–Trinajstić information content (AvgIpc) is 2.63. The van der Waals surface area contributed by atoms with Gasteiger partial charge in [0.15, 0.2) is 0 Å². The van der Waals surface area contributed by atoms with Gasteiger partial charge in [0.2, 0.25) is 0 Å². The lowest BCUT2D eigenvalue weighted by atomic mass is 10.2. The van der Waals surface area contributed by atoms with E-state index in [2.05, 4.69) is 32.2 Å². The SMILES string of the molecule is COc1ccccc1N1CCN(CCNc2ccccn2)CC1. The van der Waals surface area contributed by atoms with Crippen molar-refractivity contribution in [2.45, 2.75) is 0 Å². The summed E-state index contributed by atoms with van der Waals surface area (Å²) in [5.74, 6) is 1.90. The van der Waals surface area contributed by atoms with Gasteiger partial charge < -0.3 is 15.0 Å². The highest BCUT2D eigenvalue weighted by Gasteiger charge is 2.18. The van der Waals surface area contributed by atoms with E-state index in [1.54, 1.807) is 7.11 Å². The fraction of sp³-hybridized carbons (Fsp3) is 0.389. The highest BCUT2D eigenvalue weighted by Crippen LogP contribution is 2.28. The zero-order valence-corrected chi connectivity index (χ0v) is 13.6. The number of rotatable bonds is 6. The summed E-state index contributed by atoms with van der Waals surface area (Å²) in [6.45, 7) is 6.17. The number of ether oxygens (including phenoxy) is 1. The van der Waals surface area contributed by atoms with Crippen LogP contribution in [0.3, 0.4) is 0 Å². The zero-order chi connectivity index (χ0) is 15.9. The van der Waals surface area contributed by atoms with E-state index in [-0.39, 0.29) is 0 Å². The first-order chi connectivity index (χ1) is 11.4. The second-order valence-corrected chi connectivity index (χ2v) is 5.64. The molecule has 1 saturated heterocycles. The molecule has 5 heteroatoms. The second kappa shape index (κ2) is 7.83. The Labute approximate surface area is 137 Å². The lowest BCUT2D eigenvalue weighted by Crippen LogP contribution is -2.47. The van der Waals surface area contributed by atoms with Crippen molar-refractivity contribution in [2.24, 2.45) is 0 Å². The minimum absolute atomic E-state index is 0.922. The Balaban J connectivity index is 1.45. The van der Waals surface area contributed by atoms with Gasteiger partial charge in [-0.05, 0) is 24.3 Å². The van der Waals surface area contributed by atoms with Crippen LogP contribution in [0.25, 0.3) is 0 Å². The van der Waals surface area contributed by atoms with Crippen molar-refractivity contribution in [1.29, 1.82) is 0 Å². The summed E-state index contributed by atoms with van der Waals surface area (Å²) in [5.41, 5.74) is 1.20. The summed E-state index contributed by atoms with van der Waals surface area (Å²) < 4.78 is 5.47. The maximum atomic E-state index is 5.47. The van der Waals surface area contributed by atoms with Crippen molar-refractivity contribution < 1.29 is 4.74 Å². The maximum absolute atomic E-state index is 5.47. The molecule has 2 aromatic rings. The van der Waals surface area contributed by atoms with Gasteiger partial charge in [0, 0.05) is 45.5 Å². The van der Waals surface area contributed by atoms with Gasteiger partial charge in [-0.2, -0.15) is 0 Å². The molecule has 0 saturated carbocycles. The highest BCUT2D eigenvalue weighted by atomic mass is 16.5. The van der Waals surface area contributed by atoms with Crippen LogP contribution < -0.4 is 15.0 Å². The number of nitrogens with zero attached hydrogens (tertiary/aromatic N) is 3. The van der Waals surface area contributed by atoms with E-state index in [1.807, 2.05) is 36.5 Å². The summed E-state index contributed by atoms with van der Waals surface area (Å²) in [5, 5.41) is 3.37. The van der Waals surface area contributed by atoms with Crippen LogP contribution in [-0.2, 0) is 0 Å². The van der Waals surface area contributed by atoms with Crippen LogP contribution in [0.4, 0.5) is 11.5 Å². The number of hydrogen-bond donors (Lipinski definition) is 1. The number of para-hydroxylation sites is 2. The molecule has 3 rings (SSSR count). The quantitative estimate of drug-likeness (QED) is 0.886. The van der Waals surface area contributed by atoms with Crippen molar-refractivity contribution >= 4 is 11.5 Å². The van der Waals surface area contributed by atoms with Crippen molar-refractivity contribution in [3.63, 3.8) is 0 Å². The van der Waals surface area contributed by atoms with E-state index >= 15 is 0 Å². The molecule has 0 amide bonds. The van der Waals surface area contributed by atoms with E-state index < -0.39 is 0 Å². The summed E-state index contributed by atoms with van der Waals surface area (Å²) in [4.78, 5) is 9.17. The highest BCUT2D eigenvalue weighted by molar-refractivity contribution is 5.58. The molecule has 1 fully saturated rings. The Kier molecular flexibility index (Phi) is 5.32. The molecule has 122 valence electrons. The van der Waals surface area contributed by atoms with Crippen molar-refractivity contribution in [2.75, 3.05) is 56.6 Å². The van der Waals surface area contributed by atoms with Gasteiger partial charge in [-0.1, -0.05) is 18.2 Å². The van der Waals surface area contributed by atoms with E-state index in [0.717, 1.165) is 50.8 Å². The van der Waals surface area contributed by atoms with Crippen molar-refractivity contribution in [1.82, 2.24) is 9.88 Å². The maximum Gasteiger partial charge on any atom is 0.142 e. The topological polar surface area (TPSA) is 40.6 Å². The lowest BCUT2D eigenvalue weighted by molar-refractivity contribution is 0.266. The molecule has 1 aliphatic heterocycles. The Morgan fingerprint density at radius 1 is 1.04 bits per heavy atom. The van der Waals surface area contributed by atoms with Crippen molar-refractivity contribution in [3.05, 3.63) is 48.7 Å². The lowest BCUT2D eigenvalue weighted by Gasteiger charge is -2.36. The van der Waals surface area contributed by atoms with E-state index in [0.29, 0.717) is 0 Å². The third kappa shape index (κ3) is 4.13. The molecule has 1 aliphatic rings. The summed E-state index contributed by atoms with van der Waals surface area (Å²) in [6.07, 6.45) is 1.81. The van der Waals surface area contributed by atoms with Crippen LogP contribution in [-0.4, -0.2) is 56.3 Å². The minimum atomic E-state index is 0.922. The summed E-state index contributed by atoms with van der Waals surface area (Å²) >= 11 is 0. The Bertz CT molecular complexity index is 597. The fourth-order valence-corrected chi connectivity index (χ4v) is 2.91. The van der Waals surface area contributed by atoms with Crippen molar-refractivity contribution in [3.8, 4) is 5.75 Å². The first-order valence-electron chi connectivity index (χ1n) is 8.12. The molecule has 0 radical (unpaired) electrons. The van der Waals surface area contributed by atoms with E-state index in [4.69, 9.17) is 4.74 Å².